The summed E-state index contributed by atoms with van der Waals surface area (Å²) in [5.74, 6) is -0.0284. The van der Waals surface area contributed by atoms with E-state index in [9.17, 15) is 4.79 Å². The van der Waals surface area contributed by atoms with Crippen LogP contribution >= 0.6 is 0 Å². The molecule has 0 aliphatic carbocycles. The number of aryl methyl sites for hydroxylation is 1. The van der Waals surface area contributed by atoms with E-state index >= 15 is 0 Å². The van der Waals surface area contributed by atoms with Crippen molar-refractivity contribution in [1.29, 1.82) is 0 Å². The average Bonchev–Trinajstić information content (AvgIpc) is 2.99. The lowest BCUT2D eigenvalue weighted by Gasteiger charge is -2.08. The molecule has 2 rings (SSSR count). The summed E-state index contributed by atoms with van der Waals surface area (Å²) in [5, 5.41) is 10.4. The lowest BCUT2D eigenvalue weighted by atomic mass is 10.2. The van der Waals surface area contributed by atoms with Crippen molar-refractivity contribution in [1.82, 2.24) is 15.1 Å². The van der Waals surface area contributed by atoms with Crippen molar-refractivity contribution in [2.45, 2.75) is 33.4 Å². The van der Waals surface area contributed by atoms with Gasteiger partial charge in [-0.05, 0) is 31.5 Å². The first-order valence-corrected chi connectivity index (χ1v) is 7.36. The molecule has 1 aromatic heterocycles. The summed E-state index contributed by atoms with van der Waals surface area (Å²) in [4.78, 5) is 11.9. The van der Waals surface area contributed by atoms with Crippen molar-refractivity contribution in [2.75, 3.05) is 11.9 Å². The Morgan fingerprint density at radius 1 is 1.33 bits per heavy atom. The van der Waals surface area contributed by atoms with Gasteiger partial charge in [-0.1, -0.05) is 13.0 Å². The maximum absolute atomic E-state index is 11.9. The largest absolute Gasteiger partial charge is 0.381 e. The number of hydrogen-bond donors (Lipinski definition) is 2. The van der Waals surface area contributed by atoms with Crippen molar-refractivity contribution in [3.8, 4) is 0 Å². The maximum atomic E-state index is 11.9. The van der Waals surface area contributed by atoms with Crippen molar-refractivity contribution < 1.29 is 4.79 Å². The van der Waals surface area contributed by atoms with Crippen molar-refractivity contribution >= 4 is 11.6 Å². The van der Waals surface area contributed by atoms with E-state index in [1.54, 1.807) is 0 Å². The minimum absolute atomic E-state index is 0.0284. The molecular formula is C16H22N4O. The molecule has 0 radical (unpaired) electrons. The first-order chi connectivity index (χ1) is 10.2. The van der Waals surface area contributed by atoms with E-state index in [0.717, 1.165) is 24.2 Å². The summed E-state index contributed by atoms with van der Waals surface area (Å²) < 4.78 is 1.89. The molecule has 0 saturated heterocycles. The monoisotopic (exact) mass is 286 g/mol. The number of carbonyl (C=O) groups excluding carboxylic acids is 1. The number of amides is 1. The summed E-state index contributed by atoms with van der Waals surface area (Å²) >= 11 is 0. The summed E-state index contributed by atoms with van der Waals surface area (Å²) in [6.07, 6.45) is 4.81. The number of aromatic nitrogens is 2. The second kappa shape index (κ2) is 7.47. The predicted octanol–water partition coefficient (Wildman–Crippen LogP) is 2.65. The lowest BCUT2D eigenvalue weighted by molar-refractivity contribution is 0.0953. The second-order valence-corrected chi connectivity index (χ2v) is 4.89. The standard InChI is InChI=1S/C16H22N4O/c1-3-8-17-16(21)14-6-5-7-15(9-14)18-10-13-11-19-20(4-2)12-13/h5-7,9,11-12,18H,3-4,8,10H2,1-2H3,(H,17,21). The Balaban J connectivity index is 1.95. The number of nitrogens with one attached hydrogen (secondary N) is 2. The van der Waals surface area contributed by atoms with Gasteiger partial charge in [0.1, 0.15) is 0 Å². The van der Waals surface area contributed by atoms with Gasteiger partial charge in [-0.3, -0.25) is 9.48 Å². The Hall–Kier alpha value is -2.30. The minimum atomic E-state index is -0.0284. The molecule has 0 saturated carbocycles. The highest BCUT2D eigenvalue weighted by Crippen LogP contribution is 2.12. The van der Waals surface area contributed by atoms with Crippen LogP contribution in [0.4, 0.5) is 5.69 Å². The zero-order valence-electron chi connectivity index (χ0n) is 12.6. The predicted molar refractivity (Wildman–Crippen MR) is 84.3 cm³/mol. The van der Waals surface area contributed by atoms with Gasteiger partial charge in [0.05, 0.1) is 6.20 Å². The molecule has 2 N–H and O–H groups in total. The van der Waals surface area contributed by atoms with Gasteiger partial charge >= 0.3 is 0 Å². The Labute approximate surface area is 125 Å². The first kappa shape index (κ1) is 15.1. The quantitative estimate of drug-likeness (QED) is 0.822. The van der Waals surface area contributed by atoms with E-state index in [1.807, 2.05) is 48.3 Å². The smallest absolute Gasteiger partial charge is 0.251 e. The third kappa shape index (κ3) is 4.34. The lowest BCUT2D eigenvalue weighted by Crippen LogP contribution is -2.23. The van der Waals surface area contributed by atoms with Crippen LogP contribution in [0.25, 0.3) is 0 Å². The van der Waals surface area contributed by atoms with Crippen LogP contribution < -0.4 is 10.6 Å². The van der Waals surface area contributed by atoms with Gasteiger partial charge in [-0.2, -0.15) is 5.10 Å². The molecule has 1 aromatic carbocycles. The fourth-order valence-electron chi connectivity index (χ4n) is 1.99. The average molecular weight is 286 g/mol. The highest BCUT2D eigenvalue weighted by molar-refractivity contribution is 5.95. The molecule has 0 fully saturated rings. The summed E-state index contributed by atoms with van der Waals surface area (Å²) in [6.45, 7) is 6.36. The van der Waals surface area contributed by atoms with Crippen LogP contribution in [-0.2, 0) is 13.1 Å². The van der Waals surface area contributed by atoms with Gasteiger partial charge in [-0.25, -0.2) is 0 Å². The molecule has 2 aromatic rings. The third-order valence-electron chi connectivity index (χ3n) is 3.17. The molecule has 1 amide bonds. The van der Waals surface area contributed by atoms with E-state index in [4.69, 9.17) is 0 Å². The molecule has 0 aliphatic heterocycles. The normalized spacial score (nSPS) is 10.4. The summed E-state index contributed by atoms with van der Waals surface area (Å²) in [5.41, 5.74) is 2.73. The number of nitrogens with zero attached hydrogens (tertiary/aromatic N) is 2. The Morgan fingerprint density at radius 3 is 2.90 bits per heavy atom. The zero-order chi connectivity index (χ0) is 15.1. The maximum Gasteiger partial charge on any atom is 0.251 e. The number of hydrogen-bond acceptors (Lipinski definition) is 3. The van der Waals surface area contributed by atoms with Gasteiger partial charge in [0, 0.05) is 42.6 Å². The SMILES string of the molecule is CCCNC(=O)c1cccc(NCc2cnn(CC)c2)c1. The molecule has 0 unspecified atom stereocenters. The third-order valence-corrected chi connectivity index (χ3v) is 3.17. The number of carbonyl (C=O) groups is 1. The van der Waals surface area contributed by atoms with Gasteiger partial charge < -0.3 is 10.6 Å². The fraction of sp³-hybridized carbons (Fsp3) is 0.375. The first-order valence-electron chi connectivity index (χ1n) is 7.36. The van der Waals surface area contributed by atoms with Crippen LogP contribution in [-0.4, -0.2) is 22.2 Å². The van der Waals surface area contributed by atoms with Crippen LogP contribution in [0.15, 0.2) is 36.7 Å². The summed E-state index contributed by atoms with van der Waals surface area (Å²) in [6, 6.07) is 7.54. The fourth-order valence-corrected chi connectivity index (χ4v) is 1.99. The molecule has 5 nitrogen and oxygen atoms in total. The van der Waals surface area contributed by atoms with Crippen molar-refractivity contribution in [3.63, 3.8) is 0 Å². The van der Waals surface area contributed by atoms with Gasteiger partial charge in [0.15, 0.2) is 0 Å². The molecular weight excluding hydrogens is 264 g/mol. The van der Waals surface area contributed by atoms with Crippen LogP contribution in [0.5, 0.6) is 0 Å². The molecule has 0 atom stereocenters. The van der Waals surface area contributed by atoms with Gasteiger partial charge in [0.25, 0.3) is 5.91 Å². The molecule has 1 heterocycles. The topological polar surface area (TPSA) is 59.0 Å². The minimum Gasteiger partial charge on any atom is -0.381 e. The molecule has 0 spiro atoms. The van der Waals surface area contributed by atoms with E-state index in [-0.39, 0.29) is 5.91 Å². The van der Waals surface area contributed by atoms with Crippen LogP contribution in [0.3, 0.4) is 0 Å². The van der Waals surface area contributed by atoms with Gasteiger partial charge in [-0.15, -0.1) is 0 Å². The number of benzene rings is 1. The van der Waals surface area contributed by atoms with Crippen LogP contribution in [0.1, 0.15) is 36.2 Å². The molecule has 0 aliphatic rings. The molecule has 112 valence electrons. The van der Waals surface area contributed by atoms with E-state index in [0.29, 0.717) is 18.7 Å². The van der Waals surface area contributed by atoms with Crippen LogP contribution in [0, 0.1) is 0 Å². The Kier molecular flexibility index (Phi) is 5.37. The highest BCUT2D eigenvalue weighted by atomic mass is 16.1. The molecule has 5 heteroatoms. The molecule has 0 bridgehead atoms. The van der Waals surface area contributed by atoms with E-state index in [1.165, 1.54) is 0 Å². The Bertz CT molecular complexity index is 591. The van der Waals surface area contributed by atoms with Gasteiger partial charge in [0.2, 0.25) is 0 Å². The van der Waals surface area contributed by atoms with E-state index in [2.05, 4.69) is 22.7 Å². The molecule has 21 heavy (non-hydrogen) atoms. The number of anilines is 1. The van der Waals surface area contributed by atoms with E-state index < -0.39 is 0 Å². The van der Waals surface area contributed by atoms with Crippen molar-refractivity contribution in [3.05, 3.63) is 47.8 Å². The Morgan fingerprint density at radius 2 is 2.19 bits per heavy atom. The summed E-state index contributed by atoms with van der Waals surface area (Å²) in [7, 11) is 0. The second-order valence-electron chi connectivity index (χ2n) is 4.89. The number of rotatable bonds is 7. The van der Waals surface area contributed by atoms with Crippen molar-refractivity contribution in [2.24, 2.45) is 0 Å². The highest BCUT2D eigenvalue weighted by Gasteiger charge is 2.05. The van der Waals surface area contributed by atoms with Crippen LogP contribution in [0.2, 0.25) is 0 Å². The zero-order valence-corrected chi connectivity index (χ0v) is 12.6.